The number of halogens is 1. The lowest BCUT2D eigenvalue weighted by Gasteiger charge is -2.14. The van der Waals surface area contributed by atoms with E-state index in [4.69, 9.17) is 16.3 Å². The molecule has 0 aliphatic heterocycles. The smallest absolute Gasteiger partial charge is 0.338 e. The molecule has 33 heavy (non-hydrogen) atoms. The van der Waals surface area contributed by atoms with Crippen molar-refractivity contribution in [3.8, 4) is 11.8 Å². The van der Waals surface area contributed by atoms with Crippen LogP contribution in [0.15, 0.2) is 59.6 Å². The number of benzene rings is 2. The maximum absolute atomic E-state index is 12.4. The number of rotatable bonds is 7. The van der Waals surface area contributed by atoms with Crippen molar-refractivity contribution in [1.82, 2.24) is 14.1 Å². The van der Waals surface area contributed by atoms with E-state index >= 15 is 0 Å². The third-order valence-electron chi connectivity index (χ3n) is 4.41. The van der Waals surface area contributed by atoms with Gasteiger partial charge in [0.1, 0.15) is 16.5 Å². The maximum atomic E-state index is 12.4. The van der Waals surface area contributed by atoms with Crippen LogP contribution in [0.2, 0.25) is 5.02 Å². The summed E-state index contributed by atoms with van der Waals surface area (Å²) >= 11 is 5.97. The number of nitrogens with zero attached hydrogens (tertiary/aromatic N) is 4. The monoisotopic (exact) mass is 487 g/mol. The second-order valence-corrected chi connectivity index (χ2v) is 9.35. The first-order valence-corrected chi connectivity index (χ1v) is 11.2. The van der Waals surface area contributed by atoms with Gasteiger partial charge < -0.3 is 10.1 Å². The number of anilines is 1. The van der Waals surface area contributed by atoms with E-state index < -0.39 is 28.5 Å². The SMILES string of the molecule is CN(C)S(=O)(=O)c1cc(C(=O)OCC(=O)Nc2c(C#N)cnn2-c2ccccc2)ccc1Cl. The molecule has 0 saturated heterocycles. The van der Waals surface area contributed by atoms with Crippen LogP contribution in [0.25, 0.3) is 5.69 Å². The van der Waals surface area contributed by atoms with Gasteiger partial charge in [-0.25, -0.2) is 22.2 Å². The molecule has 0 aliphatic rings. The maximum Gasteiger partial charge on any atom is 0.338 e. The van der Waals surface area contributed by atoms with Gasteiger partial charge >= 0.3 is 5.97 Å². The van der Waals surface area contributed by atoms with Crippen molar-refractivity contribution in [3.63, 3.8) is 0 Å². The third-order valence-corrected chi connectivity index (χ3v) is 6.70. The molecule has 0 saturated carbocycles. The molecule has 0 unspecified atom stereocenters. The van der Waals surface area contributed by atoms with Crippen LogP contribution in [0.4, 0.5) is 5.82 Å². The van der Waals surface area contributed by atoms with Gasteiger partial charge in [0.2, 0.25) is 10.0 Å². The zero-order valence-electron chi connectivity index (χ0n) is 17.5. The average molecular weight is 488 g/mol. The Morgan fingerprint density at radius 2 is 1.91 bits per heavy atom. The second-order valence-electron chi connectivity index (χ2n) is 6.82. The number of aromatic nitrogens is 2. The van der Waals surface area contributed by atoms with Gasteiger partial charge in [-0.2, -0.15) is 10.4 Å². The van der Waals surface area contributed by atoms with Crippen molar-refractivity contribution < 1.29 is 22.7 Å². The van der Waals surface area contributed by atoms with Crippen LogP contribution in [0.1, 0.15) is 15.9 Å². The molecule has 0 spiro atoms. The molecule has 2 aromatic carbocycles. The average Bonchev–Trinajstić information content (AvgIpc) is 3.20. The molecule has 0 aliphatic carbocycles. The summed E-state index contributed by atoms with van der Waals surface area (Å²) in [4.78, 5) is 24.5. The minimum atomic E-state index is -3.89. The van der Waals surface area contributed by atoms with E-state index in [0.29, 0.717) is 5.69 Å². The van der Waals surface area contributed by atoms with Crippen molar-refractivity contribution in [1.29, 1.82) is 5.26 Å². The molecule has 10 nitrogen and oxygen atoms in total. The standard InChI is InChI=1S/C21H18ClN5O5S/c1-26(2)33(30,31)18-10-14(8-9-17(18)22)21(29)32-13-19(28)25-20-15(11-23)12-24-27(20)16-6-4-3-5-7-16/h3-10,12H,13H2,1-2H3,(H,25,28). The predicted molar refractivity (Wildman–Crippen MR) is 120 cm³/mol. The number of para-hydroxylation sites is 1. The van der Waals surface area contributed by atoms with E-state index in [1.807, 2.05) is 12.1 Å². The molecule has 1 amide bonds. The van der Waals surface area contributed by atoms with Crippen LogP contribution in [-0.4, -0.2) is 55.1 Å². The fraction of sp³-hybridized carbons (Fsp3) is 0.143. The zero-order chi connectivity index (χ0) is 24.2. The van der Waals surface area contributed by atoms with Crippen LogP contribution in [0.5, 0.6) is 0 Å². The Balaban J connectivity index is 1.74. The normalized spacial score (nSPS) is 11.1. The summed E-state index contributed by atoms with van der Waals surface area (Å²) in [5.41, 5.74) is 0.636. The number of carbonyl (C=O) groups is 2. The molecule has 0 radical (unpaired) electrons. The van der Waals surface area contributed by atoms with Crippen molar-refractivity contribution in [2.24, 2.45) is 0 Å². The van der Waals surface area contributed by atoms with Gasteiger partial charge in [-0.05, 0) is 30.3 Å². The fourth-order valence-electron chi connectivity index (χ4n) is 2.72. The molecule has 1 N–H and O–H groups in total. The number of carbonyl (C=O) groups excluding carboxylic acids is 2. The van der Waals surface area contributed by atoms with Crippen LogP contribution < -0.4 is 5.32 Å². The van der Waals surface area contributed by atoms with Crippen molar-refractivity contribution >= 4 is 39.3 Å². The van der Waals surface area contributed by atoms with E-state index in [2.05, 4.69) is 10.4 Å². The number of esters is 1. The highest BCUT2D eigenvalue weighted by molar-refractivity contribution is 7.89. The van der Waals surface area contributed by atoms with Gasteiger partial charge in [-0.1, -0.05) is 29.8 Å². The minimum absolute atomic E-state index is 0.0591. The zero-order valence-corrected chi connectivity index (χ0v) is 19.1. The summed E-state index contributed by atoms with van der Waals surface area (Å²) in [6.07, 6.45) is 1.30. The van der Waals surface area contributed by atoms with Crippen LogP contribution in [0, 0.1) is 11.3 Å². The van der Waals surface area contributed by atoms with Gasteiger partial charge in [-0.15, -0.1) is 0 Å². The first kappa shape index (κ1) is 23.9. The van der Waals surface area contributed by atoms with E-state index in [-0.39, 0.29) is 26.9 Å². The molecule has 3 rings (SSSR count). The Hall–Kier alpha value is -3.72. The summed E-state index contributed by atoms with van der Waals surface area (Å²) < 4.78 is 32.1. The fourth-order valence-corrected chi connectivity index (χ4v) is 4.12. The minimum Gasteiger partial charge on any atom is -0.452 e. The lowest BCUT2D eigenvalue weighted by molar-refractivity contribution is -0.119. The largest absolute Gasteiger partial charge is 0.452 e. The van der Waals surface area contributed by atoms with Crippen LogP contribution in [-0.2, 0) is 19.6 Å². The summed E-state index contributed by atoms with van der Waals surface area (Å²) in [6, 6.07) is 14.4. The first-order chi connectivity index (χ1) is 15.6. The summed E-state index contributed by atoms with van der Waals surface area (Å²) in [5.74, 6) is -1.52. The summed E-state index contributed by atoms with van der Waals surface area (Å²) in [5, 5.41) is 15.9. The molecule has 12 heteroatoms. The topological polar surface area (TPSA) is 134 Å². The number of sulfonamides is 1. The van der Waals surface area contributed by atoms with Gasteiger partial charge in [0.15, 0.2) is 12.4 Å². The molecule has 0 fully saturated rings. The first-order valence-electron chi connectivity index (χ1n) is 9.37. The number of hydrogen-bond donors (Lipinski definition) is 1. The number of ether oxygens (including phenoxy) is 1. The quantitative estimate of drug-likeness (QED) is 0.505. The lowest BCUT2D eigenvalue weighted by atomic mass is 10.2. The second kappa shape index (κ2) is 9.83. The lowest BCUT2D eigenvalue weighted by Crippen LogP contribution is -2.24. The third kappa shape index (κ3) is 5.20. The highest BCUT2D eigenvalue weighted by atomic mass is 35.5. The highest BCUT2D eigenvalue weighted by Gasteiger charge is 2.23. The van der Waals surface area contributed by atoms with Gasteiger partial charge in [0, 0.05) is 14.1 Å². The number of hydrogen-bond acceptors (Lipinski definition) is 7. The van der Waals surface area contributed by atoms with E-state index in [1.54, 1.807) is 24.3 Å². The van der Waals surface area contributed by atoms with E-state index in [1.165, 1.54) is 37.1 Å². The number of nitriles is 1. The van der Waals surface area contributed by atoms with Gasteiger partial charge in [0.05, 0.1) is 22.5 Å². The highest BCUT2D eigenvalue weighted by Crippen LogP contribution is 2.25. The number of nitrogens with one attached hydrogen (secondary N) is 1. The van der Waals surface area contributed by atoms with Crippen LogP contribution >= 0.6 is 11.6 Å². The Bertz CT molecular complexity index is 1350. The number of amides is 1. The van der Waals surface area contributed by atoms with Crippen molar-refractivity contribution in [2.45, 2.75) is 4.90 Å². The molecule has 170 valence electrons. The van der Waals surface area contributed by atoms with Crippen molar-refractivity contribution in [3.05, 3.63) is 70.9 Å². The predicted octanol–water partition coefficient (Wildman–Crippen LogP) is 2.44. The Morgan fingerprint density at radius 1 is 1.21 bits per heavy atom. The Morgan fingerprint density at radius 3 is 2.55 bits per heavy atom. The molecule has 0 atom stereocenters. The molecule has 0 bridgehead atoms. The summed E-state index contributed by atoms with van der Waals surface area (Å²) in [6.45, 7) is -0.679. The molecule has 3 aromatic rings. The van der Waals surface area contributed by atoms with E-state index in [9.17, 15) is 23.3 Å². The molecule has 1 aromatic heterocycles. The Labute approximate surface area is 195 Å². The van der Waals surface area contributed by atoms with Crippen LogP contribution in [0.3, 0.4) is 0 Å². The van der Waals surface area contributed by atoms with Gasteiger partial charge in [-0.3, -0.25) is 4.79 Å². The molecular formula is C21H18ClN5O5S. The Kier molecular flexibility index (Phi) is 7.13. The molecular weight excluding hydrogens is 470 g/mol. The van der Waals surface area contributed by atoms with E-state index in [0.717, 1.165) is 10.4 Å². The van der Waals surface area contributed by atoms with Crippen molar-refractivity contribution in [2.75, 3.05) is 26.0 Å². The molecule has 1 heterocycles. The van der Waals surface area contributed by atoms with Gasteiger partial charge in [0.25, 0.3) is 5.91 Å². The summed E-state index contributed by atoms with van der Waals surface area (Å²) in [7, 11) is -1.23.